The fourth-order valence-corrected chi connectivity index (χ4v) is 3.61. The van der Waals surface area contributed by atoms with Gasteiger partial charge >= 0.3 is 26.2 Å². The zero-order valence-electron chi connectivity index (χ0n) is 19.8. The Morgan fingerprint density at radius 1 is 0.938 bits per heavy atom. The molecule has 0 nitrogen and oxygen atoms in total. The Balaban J connectivity index is 0.000000289. The largest absolute Gasteiger partial charge is 3.00 e. The summed E-state index contributed by atoms with van der Waals surface area (Å²) in [5.41, 5.74) is 8.55. The molecule has 0 N–H and O–H groups in total. The molecule has 0 aliphatic heterocycles. The molecule has 4 aromatic rings. The molecule has 4 rings (SSSR count). The van der Waals surface area contributed by atoms with Crippen LogP contribution in [-0.4, -0.2) is 14.0 Å². The van der Waals surface area contributed by atoms with Gasteiger partial charge in [-0.1, -0.05) is 83.1 Å². The number of fused-ring (bicyclic) bond motifs is 1. The van der Waals surface area contributed by atoms with Gasteiger partial charge in [0.05, 0.1) is 14.0 Å². The summed E-state index contributed by atoms with van der Waals surface area (Å²) in [7, 11) is 0.645. The Bertz CT molecular complexity index is 1040. The van der Waals surface area contributed by atoms with Gasteiger partial charge in [0.25, 0.3) is 0 Å². The first-order chi connectivity index (χ1) is 14.8. The molecule has 4 aromatic carbocycles. The molecular formula is C28H32Cl2SiZr+. The van der Waals surface area contributed by atoms with E-state index < -0.39 is 0 Å². The second-order valence-electron chi connectivity index (χ2n) is 7.86. The van der Waals surface area contributed by atoms with Crippen molar-refractivity contribution in [3.8, 4) is 0 Å². The fraction of sp³-hybridized carbons (Fsp3) is 0.286. The van der Waals surface area contributed by atoms with E-state index in [9.17, 15) is 0 Å². The predicted molar refractivity (Wildman–Crippen MR) is 142 cm³/mol. The molecule has 165 valence electrons. The number of aryl methyl sites for hydroxylation is 2. The van der Waals surface area contributed by atoms with Gasteiger partial charge in [-0.25, -0.2) is 0 Å². The van der Waals surface area contributed by atoms with Gasteiger partial charge in [0.2, 0.25) is 0 Å². The van der Waals surface area contributed by atoms with E-state index in [4.69, 9.17) is 23.2 Å². The van der Waals surface area contributed by atoms with Crippen LogP contribution in [0, 0.1) is 27.7 Å². The third-order valence-corrected chi connectivity index (χ3v) is 7.62. The first-order valence-corrected chi connectivity index (χ1v) is 13.1. The summed E-state index contributed by atoms with van der Waals surface area (Å²) in [5.74, 6) is 0.455. The molecule has 0 aromatic heterocycles. The van der Waals surface area contributed by atoms with E-state index in [0.29, 0.717) is 15.4 Å². The monoisotopic (exact) mass is 556 g/mol. The van der Waals surface area contributed by atoms with Crippen LogP contribution in [0.1, 0.15) is 46.2 Å². The van der Waals surface area contributed by atoms with E-state index in [0.717, 1.165) is 0 Å². The minimum Gasteiger partial charge on any atom is -0.199 e. The zero-order chi connectivity index (χ0) is 23.0. The smallest absolute Gasteiger partial charge is 0.199 e. The molecular weight excluding hydrogens is 527 g/mol. The third-order valence-electron chi connectivity index (χ3n) is 5.88. The molecule has 1 unspecified atom stereocenters. The molecule has 0 heterocycles. The van der Waals surface area contributed by atoms with E-state index in [-0.39, 0.29) is 30.7 Å². The van der Waals surface area contributed by atoms with Crippen molar-refractivity contribution in [2.75, 3.05) is 0 Å². The summed E-state index contributed by atoms with van der Waals surface area (Å²) >= 11 is 10.5. The second-order valence-corrected chi connectivity index (χ2v) is 10.8. The van der Waals surface area contributed by atoms with Crippen molar-refractivity contribution in [2.24, 2.45) is 0 Å². The molecule has 0 saturated heterocycles. The molecule has 3 radical (unpaired) electrons. The molecule has 0 spiro atoms. The fourth-order valence-electron chi connectivity index (χ4n) is 3.61. The van der Waals surface area contributed by atoms with Gasteiger partial charge in [0.1, 0.15) is 0 Å². The van der Waals surface area contributed by atoms with Crippen molar-refractivity contribution in [2.45, 2.75) is 51.5 Å². The summed E-state index contributed by atoms with van der Waals surface area (Å²) in [6.07, 6.45) is 0. The Hall–Kier alpha value is -0.920. The number of rotatable bonds is 3. The van der Waals surface area contributed by atoms with Gasteiger partial charge < -0.3 is 0 Å². The Labute approximate surface area is 226 Å². The number of benzene rings is 2. The zero-order valence-corrected chi connectivity index (χ0v) is 24.8. The second kappa shape index (κ2) is 14.4. The number of alkyl halides is 2. The third kappa shape index (κ3) is 8.14. The van der Waals surface area contributed by atoms with Gasteiger partial charge in [-0.2, -0.15) is 28.3 Å². The van der Waals surface area contributed by atoms with Crippen molar-refractivity contribution < 1.29 is 26.2 Å². The molecule has 32 heavy (non-hydrogen) atoms. The van der Waals surface area contributed by atoms with Crippen LogP contribution >= 0.6 is 23.2 Å². The van der Waals surface area contributed by atoms with E-state index in [1.807, 2.05) is 6.55 Å². The Kier molecular flexibility index (Phi) is 13.1. The first kappa shape index (κ1) is 29.1. The standard InChI is InChI=1S/C17H15.C9H13.C2H4Cl2Si.Zr/c1-13(14-7-3-2-4-8-14)16-12-11-15-9-5-6-10-17(15)16;1-6-5-7(2)9(4)8(6)3;1-5-2(3)4;/h2-13H,1H3;5H,1-4H3;2H,1H3;/q2*-1;;+3. The molecule has 4 heteroatoms. The summed E-state index contributed by atoms with van der Waals surface area (Å²) in [6.45, 7) is 12.9. The summed E-state index contributed by atoms with van der Waals surface area (Å²) in [6, 6.07) is 26.0. The van der Waals surface area contributed by atoms with Crippen LogP contribution in [0.25, 0.3) is 10.8 Å². The molecule has 0 fully saturated rings. The van der Waals surface area contributed by atoms with Crippen LogP contribution in [0.4, 0.5) is 0 Å². The van der Waals surface area contributed by atoms with Crippen LogP contribution < -0.4 is 0 Å². The van der Waals surface area contributed by atoms with E-state index in [2.05, 4.69) is 107 Å². The number of halogens is 2. The average molecular weight is 559 g/mol. The topological polar surface area (TPSA) is 0 Å². The van der Waals surface area contributed by atoms with Gasteiger partial charge in [0.15, 0.2) is 0 Å². The van der Waals surface area contributed by atoms with Gasteiger partial charge in [-0.15, -0.1) is 69.9 Å². The van der Waals surface area contributed by atoms with Crippen LogP contribution in [0.5, 0.6) is 0 Å². The van der Waals surface area contributed by atoms with Crippen LogP contribution in [0.3, 0.4) is 0 Å². The minimum absolute atomic E-state index is 0. The van der Waals surface area contributed by atoms with Crippen molar-refractivity contribution >= 4 is 43.5 Å². The van der Waals surface area contributed by atoms with E-state index in [1.165, 1.54) is 44.2 Å². The number of hydrogen-bond donors (Lipinski definition) is 0. The molecule has 0 aliphatic carbocycles. The van der Waals surface area contributed by atoms with Gasteiger partial charge in [0, 0.05) is 0 Å². The molecule has 0 bridgehead atoms. The normalized spacial score (nSPS) is 11.2. The van der Waals surface area contributed by atoms with Gasteiger partial charge in [-0.3, -0.25) is 0 Å². The van der Waals surface area contributed by atoms with Crippen LogP contribution in [0.2, 0.25) is 6.55 Å². The van der Waals surface area contributed by atoms with Crippen molar-refractivity contribution in [1.82, 2.24) is 0 Å². The maximum atomic E-state index is 5.24. The quantitative estimate of drug-likeness (QED) is 0.134. The van der Waals surface area contributed by atoms with Crippen molar-refractivity contribution in [3.05, 3.63) is 106 Å². The Morgan fingerprint density at radius 3 is 1.97 bits per heavy atom. The SMILES string of the molecule is CC(c1ccccc1)c1c[cH-]c2ccccc12.C[Si]C(Cl)Cl.Cc1c[c-](C)c(C)c1C.[Zr+3]. The molecule has 1 atom stereocenters. The maximum absolute atomic E-state index is 5.24. The van der Waals surface area contributed by atoms with Crippen LogP contribution in [-0.2, 0) is 26.2 Å². The summed E-state index contributed by atoms with van der Waals surface area (Å²) in [5, 5.41) is 2.72. The van der Waals surface area contributed by atoms with Gasteiger partial charge in [-0.05, 0) is 5.92 Å². The molecule has 0 aliphatic rings. The average Bonchev–Trinajstić information content (AvgIpc) is 3.31. The summed E-state index contributed by atoms with van der Waals surface area (Å²) in [4.78, 5) is 0. The van der Waals surface area contributed by atoms with E-state index in [1.54, 1.807) is 0 Å². The van der Waals surface area contributed by atoms with Crippen LogP contribution in [0.15, 0.2) is 72.8 Å². The number of hydrogen-bond acceptors (Lipinski definition) is 0. The molecule has 0 saturated carbocycles. The van der Waals surface area contributed by atoms with E-state index >= 15 is 0 Å². The Morgan fingerprint density at radius 2 is 1.50 bits per heavy atom. The van der Waals surface area contributed by atoms with Crippen molar-refractivity contribution in [3.63, 3.8) is 0 Å². The minimum atomic E-state index is -0.144. The predicted octanol–water partition coefficient (Wildman–Crippen LogP) is 8.85. The van der Waals surface area contributed by atoms with Crippen molar-refractivity contribution in [1.29, 1.82) is 0 Å². The molecule has 0 amide bonds. The maximum Gasteiger partial charge on any atom is 3.00 e. The first-order valence-electron chi connectivity index (χ1n) is 10.6. The summed E-state index contributed by atoms with van der Waals surface area (Å²) < 4.78 is -0.144.